The second kappa shape index (κ2) is 4.02. The van der Waals surface area contributed by atoms with Crippen molar-refractivity contribution < 1.29 is 4.79 Å². The SMILES string of the molecule is O=C(NCC1(C2CC2)CC1)C1CCNCC1. The molecule has 3 aliphatic rings. The van der Waals surface area contributed by atoms with Gasteiger partial charge in [-0.1, -0.05) is 0 Å². The van der Waals surface area contributed by atoms with Crippen molar-refractivity contribution in [3.8, 4) is 0 Å². The third kappa shape index (κ3) is 2.10. The maximum absolute atomic E-state index is 12.0. The van der Waals surface area contributed by atoms with Gasteiger partial charge in [-0.05, 0) is 62.9 Å². The van der Waals surface area contributed by atoms with Crippen LogP contribution in [0.4, 0.5) is 0 Å². The first-order valence-corrected chi connectivity index (χ1v) is 6.79. The molecular formula is C13H22N2O. The summed E-state index contributed by atoms with van der Waals surface area (Å²) in [6.45, 7) is 2.97. The number of piperidine rings is 1. The van der Waals surface area contributed by atoms with E-state index < -0.39 is 0 Å². The van der Waals surface area contributed by atoms with Gasteiger partial charge in [-0.15, -0.1) is 0 Å². The summed E-state index contributed by atoms with van der Waals surface area (Å²) in [5.41, 5.74) is 0.544. The van der Waals surface area contributed by atoms with Gasteiger partial charge in [0.2, 0.25) is 5.91 Å². The molecule has 16 heavy (non-hydrogen) atoms. The fourth-order valence-electron chi connectivity index (χ4n) is 3.08. The van der Waals surface area contributed by atoms with Crippen molar-refractivity contribution in [2.24, 2.45) is 17.3 Å². The third-order valence-corrected chi connectivity index (χ3v) is 4.66. The molecule has 0 atom stereocenters. The van der Waals surface area contributed by atoms with Gasteiger partial charge < -0.3 is 10.6 Å². The van der Waals surface area contributed by atoms with Crippen LogP contribution in [0.15, 0.2) is 0 Å². The second-order valence-corrected chi connectivity index (χ2v) is 5.88. The summed E-state index contributed by atoms with van der Waals surface area (Å²) in [5, 5.41) is 6.51. The van der Waals surface area contributed by atoms with Gasteiger partial charge in [-0.3, -0.25) is 4.79 Å². The van der Waals surface area contributed by atoms with E-state index in [1.807, 2.05) is 0 Å². The molecule has 3 rings (SSSR count). The van der Waals surface area contributed by atoms with Gasteiger partial charge in [0.15, 0.2) is 0 Å². The zero-order valence-corrected chi connectivity index (χ0v) is 9.93. The average molecular weight is 222 g/mol. The molecule has 2 aliphatic carbocycles. The van der Waals surface area contributed by atoms with Crippen LogP contribution in [0.25, 0.3) is 0 Å². The van der Waals surface area contributed by atoms with E-state index in [0.717, 1.165) is 38.4 Å². The molecule has 3 heteroatoms. The van der Waals surface area contributed by atoms with E-state index >= 15 is 0 Å². The quantitative estimate of drug-likeness (QED) is 0.752. The molecule has 1 aliphatic heterocycles. The van der Waals surface area contributed by atoms with Crippen molar-refractivity contribution in [2.45, 2.75) is 38.5 Å². The van der Waals surface area contributed by atoms with E-state index in [9.17, 15) is 4.79 Å². The van der Waals surface area contributed by atoms with E-state index in [1.165, 1.54) is 25.7 Å². The van der Waals surface area contributed by atoms with Crippen molar-refractivity contribution in [3.63, 3.8) is 0 Å². The van der Waals surface area contributed by atoms with Gasteiger partial charge in [0, 0.05) is 12.5 Å². The van der Waals surface area contributed by atoms with Crippen LogP contribution < -0.4 is 10.6 Å². The van der Waals surface area contributed by atoms with Crippen LogP contribution in [0, 0.1) is 17.3 Å². The maximum Gasteiger partial charge on any atom is 0.223 e. The number of nitrogens with one attached hydrogen (secondary N) is 2. The van der Waals surface area contributed by atoms with Gasteiger partial charge in [0.1, 0.15) is 0 Å². The van der Waals surface area contributed by atoms with Crippen LogP contribution in [0.1, 0.15) is 38.5 Å². The first-order chi connectivity index (χ1) is 7.80. The third-order valence-electron chi connectivity index (χ3n) is 4.66. The zero-order chi connectivity index (χ0) is 11.0. The summed E-state index contributed by atoms with van der Waals surface area (Å²) in [6, 6.07) is 0. The number of rotatable bonds is 4. The van der Waals surface area contributed by atoms with Crippen molar-refractivity contribution >= 4 is 5.91 Å². The lowest BCUT2D eigenvalue weighted by Crippen LogP contribution is -2.40. The lowest BCUT2D eigenvalue weighted by atomic mass is 9.96. The minimum atomic E-state index is 0.274. The molecule has 0 bridgehead atoms. The minimum Gasteiger partial charge on any atom is -0.355 e. The van der Waals surface area contributed by atoms with Gasteiger partial charge in [-0.25, -0.2) is 0 Å². The smallest absolute Gasteiger partial charge is 0.223 e. The fraction of sp³-hybridized carbons (Fsp3) is 0.923. The number of amides is 1. The van der Waals surface area contributed by atoms with E-state index in [4.69, 9.17) is 0 Å². The van der Waals surface area contributed by atoms with Crippen LogP contribution in [-0.4, -0.2) is 25.5 Å². The van der Waals surface area contributed by atoms with Crippen molar-refractivity contribution in [1.29, 1.82) is 0 Å². The van der Waals surface area contributed by atoms with Crippen LogP contribution in [0.3, 0.4) is 0 Å². The Morgan fingerprint density at radius 1 is 1.19 bits per heavy atom. The largest absolute Gasteiger partial charge is 0.355 e. The molecule has 0 radical (unpaired) electrons. The zero-order valence-electron chi connectivity index (χ0n) is 9.93. The molecule has 1 amide bonds. The maximum atomic E-state index is 12.0. The van der Waals surface area contributed by atoms with Crippen LogP contribution in [-0.2, 0) is 4.79 Å². The van der Waals surface area contributed by atoms with E-state index in [-0.39, 0.29) is 5.92 Å². The molecule has 0 spiro atoms. The summed E-state index contributed by atoms with van der Waals surface area (Å²) < 4.78 is 0. The summed E-state index contributed by atoms with van der Waals surface area (Å²) in [4.78, 5) is 12.0. The van der Waals surface area contributed by atoms with Crippen LogP contribution in [0.2, 0.25) is 0 Å². The minimum absolute atomic E-state index is 0.274. The molecule has 3 fully saturated rings. The Kier molecular flexibility index (Phi) is 2.66. The summed E-state index contributed by atoms with van der Waals surface area (Å²) >= 11 is 0. The number of hydrogen-bond donors (Lipinski definition) is 2. The first-order valence-electron chi connectivity index (χ1n) is 6.79. The Morgan fingerprint density at radius 2 is 1.88 bits per heavy atom. The Morgan fingerprint density at radius 3 is 2.44 bits per heavy atom. The molecule has 0 aromatic rings. The molecule has 0 aromatic carbocycles. The topological polar surface area (TPSA) is 41.1 Å². The lowest BCUT2D eigenvalue weighted by Gasteiger charge is -2.23. The van der Waals surface area contributed by atoms with Crippen molar-refractivity contribution in [3.05, 3.63) is 0 Å². The monoisotopic (exact) mass is 222 g/mol. The van der Waals surface area contributed by atoms with E-state index in [0.29, 0.717) is 11.3 Å². The van der Waals surface area contributed by atoms with Crippen molar-refractivity contribution in [2.75, 3.05) is 19.6 Å². The van der Waals surface area contributed by atoms with Crippen LogP contribution >= 0.6 is 0 Å². The number of hydrogen-bond acceptors (Lipinski definition) is 2. The highest BCUT2D eigenvalue weighted by molar-refractivity contribution is 5.78. The molecule has 0 unspecified atom stereocenters. The summed E-state index contributed by atoms with van der Waals surface area (Å²) in [5.74, 6) is 1.53. The van der Waals surface area contributed by atoms with E-state index in [1.54, 1.807) is 0 Å². The predicted molar refractivity (Wildman–Crippen MR) is 63.0 cm³/mol. The lowest BCUT2D eigenvalue weighted by molar-refractivity contribution is -0.126. The summed E-state index contributed by atoms with van der Waals surface area (Å²) in [6.07, 6.45) is 7.55. The molecule has 1 saturated heterocycles. The van der Waals surface area contributed by atoms with Crippen molar-refractivity contribution in [1.82, 2.24) is 10.6 Å². The van der Waals surface area contributed by atoms with Gasteiger partial charge >= 0.3 is 0 Å². The second-order valence-electron chi connectivity index (χ2n) is 5.88. The average Bonchev–Trinajstić information content (AvgIpc) is 3.17. The molecular weight excluding hydrogens is 200 g/mol. The standard InChI is InChI=1S/C13H22N2O/c16-12(10-3-7-14-8-4-10)15-9-13(5-6-13)11-1-2-11/h10-11,14H,1-9H2,(H,15,16). The molecule has 90 valence electrons. The molecule has 3 nitrogen and oxygen atoms in total. The number of carbonyl (C=O) groups excluding carboxylic acids is 1. The Hall–Kier alpha value is -0.570. The molecule has 2 N–H and O–H groups in total. The van der Waals surface area contributed by atoms with E-state index in [2.05, 4.69) is 10.6 Å². The normalized spacial score (nSPS) is 28.8. The number of carbonyl (C=O) groups is 1. The fourth-order valence-corrected chi connectivity index (χ4v) is 3.08. The highest BCUT2D eigenvalue weighted by Gasteiger charge is 2.53. The highest BCUT2D eigenvalue weighted by atomic mass is 16.1. The van der Waals surface area contributed by atoms with Gasteiger partial charge in [0.25, 0.3) is 0 Å². The molecule has 2 saturated carbocycles. The molecule has 0 aromatic heterocycles. The van der Waals surface area contributed by atoms with Gasteiger partial charge in [-0.2, -0.15) is 0 Å². The van der Waals surface area contributed by atoms with Crippen LogP contribution in [0.5, 0.6) is 0 Å². The Balaban J connectivity index is 1.45. The first kappa shape index (κ1) is 10.6. The molecule has 1 heterocycles. The Labute approximate surface area is 97.4 Å². The van der Waals surface area contributed by atoms with Gasteiger partial charge in [0.05, 0.1) is 0 Å². The predicted octanol–water partition coefficient (Wildman–Crippen LogP) is 1.29. The highest BCUT2D eigenvalue weighted by Crippen LogP contribution is 2.60. The Bertz CT molecular complexity index is 276. The summed E-state index contributed by atoms with van der Waals surface area (Å²) in [7, 11) is 0.